The quantitative estimate of drug-likeness (QED) is 0.162. The van der Waals surface area contributed by atoms with Crippen LogP contribution in [0.2, 0.25) is 0 Å². The van der Waals surface area contributed by atoms with E-state index in [2.05, 4.69) is 16.0 Å². The lowest BCUT2D eigenvalue weighted by molar-refractivity contribution is -0.123. The van der Waals surface area contributed by atoms with E-state index in [0.717, 1.165) is 16.7 Å². The molecule has 3 amide bonds. The first-order valence-electron chi connectivity index (χ1n) is 17.8. The van der Waals surface area contributed by atoms with Gasteiger partial charge >= 0.3 is 0 Å². The van der Waals surface area contributed by atoms with Crippen LogP contribution in [0.5, 0.6) is 17.2 Å². The highest BCUT2D eigenvalue weighted by Crippen LogP contribution is 2.26. The summed E-state index contributed by atoms with van der Waals surface area (Å²) < 4.78 is 19.0. The summed E-state index contributed by atoms with van der Waals surface area (Å²) in [7, 11) is 0. The SMILES string of the molecule is O=C1Nc2cccc(c2)OC(Cc2ccccc2)C(=O)Nc2cccc(c2)OC(Cc2ccccc2)C(=O)Nc2cccc(c2)OC1Cc1ccccc1. The van der Waals surface area contributed by atoms with Crippen molar-refractivity contribution in [3.8, 4) is 17.2 Å². The lowest BCUT2D eigenvalue weighted by Crippen LogP contribution is -2.35. The Morgan fingerprint density at radius 1 is 0.352 bits per heavy atom. The van der Waals surface area contributed by atoms with Crippen molar-refractivity contribution < 1.29 is 28.6 Å². The molecular formula is C45H39N3O6. The first kappa shape index (κ1) is 35.5. The van der Waals surface area contributed by atoms with E-state index in [1.54, 1.807) is 72.8 Å². The molecule has 6 aromatic carbocycles. The third-order valence-corrected chi connectivity index (χ3v) is 8.81. The first-order chi connectivity index (χ1) is 26.4. The van der Waals surface area contributed by atoms with Crippen LogP contribution >= 0.6 is 0 Å². The lowest BCUT2D eigenvalue weighted by Gasteiger charge is -2.21. The third-order valence-electron chi connectivity index (χ3n) is 8.81. The maximum atomic E-state index is 13.9. The van der Waals surface area contributed by atoms with Crippen LogP contribution in [0.15, 0.2) is 164 Å². The fraction of sp³-hybridized carbons (Fsp3) is 0.133. The number of amides is 3. The van der Waals surface area contributed by atoms with Crippen molar-refractivity contribution in [2.45, 2.75) is 37.6 Å². The molecule has 270 valence electrons. The standard InChI is InChI=1S/C45H39N3O6/c49-43-40(25-31-13-4-1-5-14-31)52-37-22-10-20-35(28-37)47-44(50)41(26-32-15-6-2-7-16-32)54-39-24-12-21-36(30-39)48-45(51)42(27-33-17-8-3-9-18-33)53-38-23-11-19-34(29-38)46-43/h1-24,28-30,40-42H,25-27H2,(H,46,49)(H,47,50)(H,48,51). The second-order valence-electron chi connectivity index (χ2n) is 12.9. The summed E-state index contributed by atoms with van der Waals surface area (Å²) in [5.74, 6) is 0.0387. The number of carbonyl (C=O) groups excluding carboxylic acids is 3. The van der Waals surface area contributed by atoms with Crippen molar-refractivity contribution in [2.75, 3.05) is 16.0 Å². The monoisotopic (exact) mass is 717 g/mol. The van der Waals surface area contributed by atoms with E-state index in [-0.39, 0.29) is 37.0 Å². The fourth-order valence-electron chi connectivity index (χ4n) is 6.15. The van der Waals surface area contributed by atoms with Gasteiger partial charge in [0, 0.05) is 54.5 Å². The second-order valence-corrected chi connectivity index (χ2v) is 12.9. The molecule has 1 heterocycles. The van der Waals surface area contributed by atoms with Crippen LogP contribution in [0.3, 0.4) is 0 Å². The number of rotatable bonds is 6. The van der Waals surface area contributed by atoms with Crippen molar-refractivity contribution in [3.05, 3.63) is 180 Å². The van der Waals surface area contributed by atoms with Crippen molar-refractivity contribution in [1.82, 2.24) is 0 Å². The maximum absolute atomic E-state index is 13.9. The molecule has 3 unspecified atom stereocenters. The number of anilines is 3. The van der Waals surface area contributed by atoms with Crippen molar-refractivity contribution in [3.63, 3.8) is 0 Å². The molecule has 54 heavy (non-hydrogen) atoms. The van der Waals surface area contributed by atoms with E-state index in [1.807, 2.05) is 91.0 Å². The van der Waals surface area contributed by atoms with Crippen LogP contribution in [0, 0.1) is 0 Å². The highest BCUT2D eigenvalue weighted by atomic mass is 16.5. The zero-order valence-electron chi connectivity index (χ0n) is 29.4. The molecule has 3 atom stereocenters. The minimum absolute atomic E-state index is 0.282. The van der Waals surface area contributed by atoms with E-state index < -0.39 is 18.3 Å². The summed E-state index contributed by atoms with van der Waals surface area (Å²) in [5.41, 5.74) is 4.13. The van der Waals surface area contributed by atoms with Crippen molar-refractivity contribution >= 4 is 34.8 Å². The van der Waals surface area contributed by atoms with Crippen LogP contribution in [0.1, 0.15) is 16.7 Å². The highest BCUT2D eigenvalue weighted by molar-refractivity contribution is 5.97. The molecular weight excluding hydrogens is 679 g/mol. The van der Waals surface area contributed by atoms with Crippen LogP contribution < -0.4 is 30.2 Å². The van der Waals surface area contributed by atoms with Gasteiger partial charge in [-0.2, -0.15) is 0 Å². The molecule has 0 aliphatic carbocycles. The number of carbonyl (C=O) groups is 3. The van der Waals surface area contributed by atoms with Crippen molar-refractivity contribution in [1.29, 1.82) is 0 Å². The molecule has 0 spiro atoms. The molecule has 1 aliphatic heterocycles. The van der Waals surface area contributed by atoms with Crippen LogP contribution in [0.25, 0.3) is 0 Å². The minimum Gasteiger partial charge on any atom is -0.480 e. The Labute approximate surface area is 313 Å². The third kappa shape index (κ3) is 9.71. The highest BCUT2D eigenvalue weighted by Gasteiger charge is 2.26. The lowest BCUT2D eigenvalue weighted by atomic mass is 10.1. The van der Waals surface area contributed by atoms with Gasteiger partial charge in [0.05, 0.1) is 0 Å². The Morgan fingerprint density at radius 3 is 0.907 bits per heavy atom. The van der Waals surface area contributed by atoms with Crippen molar-refractivity contribution in [2.24, 2.45) is 0 Å². The molecule has 0 aromatic heterocycles. The minimum atomic E-state index is -0.936. The average Bonchev–Trinajstić information content (AvgIpc) is 3.18. The van der Waals surface area contributed by atoms with E-state index in [1.165, 1.54) is 0 Å². The van der Waals surface area contributed by atoms with Gasteiger partial charge in [-0.1, -0.05) is 109 Å². The summed E-state index contributed by atoms with van der Waals surface area (Å²) in [4.78, 5) is 41.8. The number of fused-ring (bicyclic) bond motifs is 6. The molecule has 1 aliphatic rings. The smallest absolute Gasteiger partial charge is 0.265 e. The Kier molecular flexibility index (Phi) is 11.2. The van der Waals surface area contributed by atoms with Gasteiger partial charge in [-0.05, 0) is 53.1 Å². The van der Waals surface area contributed by atoms with E-state index in [9.17, 15) is 14.4 Å². The molecule has 0 fully saturated rings. The Bertz CT molecular complexity index is 1950. The first-order valence-corrected chi connectivity index (χ1v) is 17.8. The largest absolute Gasteiger partial charge is 0.480 e. The van der Waals surface area contributed by atoms with Crippen LogP contribution in [-0.4, -0.2) is 36.0 Å². The Morgan fingerprint density at radius 2 is 0.630 bits per heavy atom. The number of benzene rings is 6. The maximum Gasteiger partial charge on any atom is 0.265 e. The van der Waals surface area contributed by atoms with Gasteiger partial charge in [0.1, 0.15) is 17.2 Å². The summed E-state index contributed by atoms with van der Waals surface area (Å²) in [6.07, 6.45) is -1.96. The van der Waals surface area contributed by atoms with E-state index >= 15 is 0 Å². The predicted molar refractivity (Wildman–Crippen MR) is 209 cm³/mol. The van der Waals surface area contributed by atoms with Gasteiger partial charge in [-0.25, -0.2) is 0 Å². The van der Waals surface area contributed by atoms with E-state index in [4.69, 9.17) is 14.2 Å². The normalized spacial score (nSPS) is 17.6. The van der Waals surface area contributed by atoms with Gasteiger partial charge in [0.2, 0.25) is 0 Å². The number of nitrogens with one attached hydrogen (secondary N) is 3. The van der Waals surface area contributed by atoms with Gasteiger partial charge in [-0.3, -0.25) is 14.4 Å². The predicted octanol–water partition coefficient (Wildman–Crippen LogP) is 7.89. The van der Waals surface area contributed by atoms with Crippen LogP contribution in [0.4, 0.5) is 17.1 Å². The molecule has 9 heteroatoms. The second kappa shape index (κ2) is 17.1. The van der Waals surface area contributed by atoms with Gasteiger partial charge in [0.15, 0.2) is 18.3 Å². The average molecular weight is 718 g/mol. The summed E-state index contributed by atoms with van der Waals surface area (Å²) >= 11 is 0. The molecule has 3 N–H and O–H groups in total. The fourth-order valence-corrected chi connectivity index (χ4v) is 6.15. The van der Waals surface area contributed by atoms with Crippen LogP contribution in [-0.2, 0) is 33.6 Å². The number of hydrogen-bond acceptors (Lipinski definition) is 6. The summed E-state index contributed by atoms with van der Waals surface area (Å²) in [6, 6.07) is 49.6. The molecule has 9 nitrogen and oxygen atoms in total. The zero-order valence-corrected chi connectivity index (χ0v) is 29.4. The molecule has 6 bridgehead atoms. The van der Waals surface area contributed by atoms with Gasteiger partial charge in [-0.15, -0.1) is 0 Å². The van der Waals surface area contributed by atoms with E-state index in [0.29, 0.717) is 34.3 Å². The summed E-state index contributed by atoms with van der Waals surface area (Å²) in [6.45, 7) is 0. The molecule has 6 aromatic rings. The summed E-state index contributed by atoms with van der Waals surface area (Å²) in [5, 5.41) is 8.93. The number of hydrogen-bond donors (Lipinski definition) is 3. The Hall–Kier alpha value is -6.87. The van der Waals surface area contributed by atoms with Gasteiger partial charge in [0.25, 0.3) is 17.7 Å². The Balaban J connectivity index is 1.25. The molecule has 0 saturated heterocycles. The van der Waals surface area contributed by atoms with Gasteiger partial charge < -0.3 is 30.2 Å². The zero-order chi connectivity index (χ0) is 37.1. The topological polar surface area (TPSA) is 115 Å². The number of ether oxygens (including phenoxy) is 3. The molecule has 0 radical (unpaired) electrons. The molecule has 0 saturated carbocycles. The molecule has 7 rings (SSSR count).